The van der Waals surface area contributed by atoms with Crippen molar-refractivity contribution in [1.29, 1.82) is 0 Å². The van der Waals surface area contributed by atoms with Crippen LogP contribution in [0.1, 0.15) is 38.0 Å². The van der Waals surface area contributed by atoms with Crippen molar-refractivity contribution < 1.29 is 19.8 Å². The first kappa shape index (κ1) is 15.7. The van der Waals surface area contributed by atoms with Crippen molar-refractivity contribution in [1.82, 2.24) is 10.3 Å². The zero-order valence-corrected chi connectivity index (χ0v) is 12.0. The molecule has 0 aliphatic carbocycles. The highest BCUT2D eigenvalue weighted by atomic mass is 16.4. The number of amides is 1. The molecule has 0 radical (unpaired) electrons. The molecular weight excluding hydrogens is 284 g/mol. The van der Waals surface area contributed by atoms with Gasteiger partial charge in [0.2, 0.25) is 0 Å². The molecule has 0 spiro atoms. The highest BCUT2D eigenvalue weighted by Crippen LogP contribution is 2.24. The summed E-state index contributed by atoms with van der Waals surface area (Å²) in [4.78, 5) is 27.2. The number of aliphatic hydroxyl groups is 1. The number of benzene rings is 1. The number of nitrogens with zero attached hydrogens (tertiary/aromatic N) is 1. The van der Waals surface area contributed by atoms with Crippen molar-refractivity contribution in [2.75, 3.05) is 13.7 Å². The molecule has 6 heteroatoms. The van der Waals surface area contributed by atoms with Gasteiger partial charge in [-0.25, -0.2) is 9.78 Å². The fourth-order valence-electron chi connectivity index (χ4n) is 2.15. The molecule has 1 aromatic carbocycles. The van der Waals surface area contributed by atoms with Crippen LogP contribution in [0.25, 0.3) is 0 Å². The first-order chi connectivity index (χ1) is 10.6. The number of carbonyl (C=O) groups is 2. The number of pyridine rings is 1. The Morgan fingerprint density at radius 2 is 1.91 bits per heavy atom. The average Bonchev–Trinajstić information content (AvgIpc) is 2.55. The second-order valence-electron chi connectivity index (χ2n) is 4.70. The van der Waals surface area contributed by atoms with E-state index in [0.717, 1.165) is 5.56 Å². The van der Waals surface area contributed by atoms with E-state index in [4.69, 9.17) is 0 Å². The normalized spacial score (nSPS) is 11.7. The van der Waals surface area contributed by atoms with Gasteiger partial charge in [0, 0.05) is 13.0 Å². The van der Waals surface area contributed by atoms with Crippen LogP contribution in [0.3, 0.4) is 0 Å². The van der Waals surface area contributed by atoms with Gasteiger partial charge >= 0.3 is 5.97 Å². The Labute approximate surface area is 127 Å². The molecule has 1 atom stereocenters. The Balaban J connectivity index is 2.55. The van der Waals surface area contributed by atoms with Crippen LogP contribution >= 0.6 is 0 Å². The number of rotatable bonds is 5. The number of hydrogen-bond acceptors (Lipinski definition) is 4. The molecule has 1 heterocycles. The molecule has 0 unspecified atom stereocenters. The lowest BCUT2D eigenvalue weighted by Gasteiger charge is -2.15. The summed E-state index contributed by atoms with van der Waals surface area (Å²) in [5.74, 6) is -2.13. The molecule has 2 aromatic rings. The number of nitrogens with one attached hydrogen (secondary N) is 1. The topological polar surface area (TPSA) is 99.5 Å². The summed E-state index contributed by atoms with van der Waals surface area (Å²) in [5, 5.41) is 21.3. The van der Waals surface area contributed by atoms with Gasteiger partial charge in [0.15, 0.2) is 0 Å². The minimum absolute atomic E-state index is 0.00628. The summed E-state index contributed by atoms with van der Waals surface area (Å²) in [6.45, 7) is -0.243. The number of carboxylic acid groups (broad SMARTS) is 1. The first-order valence-corrected chi connectivity index (χ1v) is 6.70. The Morgan fingerprint density at radius 1 is 1.23 bits per heavy atom. The third-order valence-corrected chi connectivity index (χ3v) is 3.29. The van der Waals surface area contributed by atoms with E-state index in [1.807, 2.05) is 30.3 Å². The molecule has 1 amide bonds. The summed E-state index contributed by atoms with van der Waals surface area (Å²) in [6.07, 6.45) is 0. The molecule has 0 saturated carbocycles. The predicted octanol–water partition coefficient (Wildman–Crippen LogP) is 1.26. The average molecular weight is 300 g/mol. The van der Waals surface area contributed by atoms with Crippen LogP contribution in [0.5, 0.6) is 0 Å². The number of aromatic carboxylic acids is 1. The van der Waals surface area contributed by atoms with Crippen molar-refractivity contribution >= 4 is 11.9 Å². The van der Waals surface area contributed by atoms with Crippen LogP contribution in [0.15, 0.2) is 42.5 Å². The van der Waals surface area contributed by atoms with Gasteiger partial charge < -0.3 is 15.5 Å². The largest absolute Gasteiger partial charge is 0.478 e. The van der Waals surface area contributed by atoms with E-state index in [-0.39, 0.29) is 17.9 Å². The van der Waals surface area contributed by atoms with Crippen molar-refractivity contribution in [3.05, 3.63) is 65.0 Å². The van der Waals surface area contributed by atoms with Crippen molar-refractivity contribution in [2.45, 2.75) is 5.92 Å². The minimum Gasteiger partial charge on any atom is -0.478 e. The fraction of sp³-hybridized carbons (Fsp3) is 0.188. The molecule has 114 valence electrons. The summed E-state index contributed by atoms with van der Waals surface area (Å²) in [5.41, 5.74) is 1.10. The van der Waals surface area contributed by atoms with Crippen molar-refractivity contribution in [3.8, 4) is 0 Å². The first-order valence-electron chi connectivity index (χ1n) is 6.70. The second kappa shape index (κ2) is 6.82. The third kappa shape index (κ3) is 3.29. The van der Waals surface area contributed by atoms with E-state index in [1.54, 1.807) is 0 Å². The Kier molecular flexibility index (Phi) is 4.85. The second-order valence-corrected chi connectivity index (χ2v) is 4.70. The predicted molar refractivity (Wildman–Crippen MR) is 80.0 cm³/mol. The van der Waals surface area contributed by atoms with Gasteiger partial charge in [-0.2, -0.15) is 0 Å². The number of hydrogen-bond donors (Lipinski definition) is 3. The maximum absolute atomic E-state index is 11.8. The number of aromatic nitrogens is 1. The number of carboxylic acids is 1. The lowest BCUT2D eigenvalue weighted by molar-refractivity contribution is 0.0696. The van der Waals surface area contributed by atoms with Crippen LogP contribution in [-0.4, -0.2) is 40.7 Å². The molecule has 0 fully saturated rings. The standard InChI is InChI=1S/C16H16N2O4/c1-17-15(20)14-8-11(16(21)22)7-13(18-14)12(9-19)10-5-3-2-4-6-10/h2-8,12,19H,9H2,1H3,(H,17,20)(H,21,22)/t12-/m1/s1. The van der Waals surface area contributed by atoms with E-state index in [0.29, 0.717) is 5.69 Å². The van der Waals surface area contributed by atoms with Gasteiger partial charge in [-0.05, 0) is 17.7 Å². The molecular formula is C16H16N2O4. The molecule has 0 bridgehead atoms. The van der Waals surface area contributed by atoms with Crippen LogP contribution in [0.2, 0.25) is 0 Å². The molecule has 0 aliphatic heterocycles. The van der Waals surface area contributed by atoms with Gasteiger partial charge in [-0.3, -0.25) is 4.79 Å². The van der Waals surface area contributed by atoms with Gasteiger partial charge in [-0.1, -0.05) is 30.3 Å². The SMILES string of the molecule is CNC(=O)c1cc(C(=O)O)cc([C@H](CO)c2ccccc2)n1. The Bertz CT molecular complexity index is 686. The third-order valence-electron chi connectivity index (χ3n) is 3.29. The van der Waals surface area contributed by atoms with Crippen molar-refractivity contribution in [3.63, 3.8) is 0 Å². The van der Waals surface area contributed by atoms with Crippen LogP contribution in [-0.2, 0) is 0 Å². The molecule has 3 N–H and O–H groups in total. The van der Waals surface area contributed by atoms with Gasteiger partial charge in [0.25, 0.3) is 5.91 Å². The molecule has 22 heavy (non-hydrogen) atoms. The van der Waals surface area contributed by atoms with E-state index in [2.05, 4.69) is 10.3 Å². The van der Waals surface area contributed by atoms with Gasteiger partial charge in [0.05, 0.1) is 17.9 Å². The van der Waals surface area contributed by atoms with Crippen LogP contribution < -0.4 is 5.32 Å². The monoisotopic (exact) mass is 300 g/mol. The zero-order chi connectivity index (χ0) is 16.1. The maximum atomic E-state index is 11.8. The Hall–Kier alpha value is -2.73. The maximum Gasteiger partial charge on any atom is 0.335 e. The summed E-state index contributed by atoms with van der Waals surface area (Å²) < 4.78 is 0. The van der Waals surface area contributed by atoms with Gasteiger partial charge in [-0.15, -0.1) is 0 Å². The lowest BCUT2D eigenvalue weighted by atomic mass is 9.95. The highest BCUT2D eigenvalue weighted by molar-refractivity contribution is 5.95. The summed E-state index contributed by atoms with van der Waals surface area (Å²) in [6, 6.07) is 11.7. The van der Waals surface area contributed by atoms with E-state index in [9.17, 15) is 19.8 Å². The number of carbonyl (C=O) groups excluding carboxylic acids is 1. The fourth-order valence-corrected chi connectivity index (χ4v) is 2.15. The van der Waals surface area contributed by atoms with Crippen LogP contribution in [0.4, 0.5) is 0 Å². The number of aliphatic hydroxyl groups excluding tert-OH is 1. The highest BCUT2D eigenvalue weighted by Gasteiger charge is 2.19. The van der Waals surface area contributed by atoms with Crippen LogP contribution in [0, 0.1) is 0 Å². The van der Waals surface area contributed by atoms with E-state index in [1.165, 1.54) is 19.2 Å². The lowest BCUT2D eigenvalue weighted by Crippen LogP contribution is -2.21. The quantitative estimate of drug-likeness (QED) is 0.772. The zero-order valence-electron chi connectivity index (χ0n) is 12.0. The molecule has 0 saturated heterocycles. The minimum atomic E-state index is -1.15. The molecule has 2 rings (SSSR count). The summed E-state index contributed by atoms with van der Waals surface area (Å²) in [7, 11) is 1.44. The van der Waals surface area contributed by atoms with Crippen molar-refractivity contribution in [2.24, 2.45) is 0 Å². The molecule has 0 aliphatic rings. The Morgan fingerprint density at radius 3 is 2.45 bits per heavy atom. The van der Waals surface area contributed by atoms with E-state index < -0.39 is 17.8 Å². The smallest absolute Gasteiger partial charge is 0.335 e. The van der Waals surface area contributed by atoms with E-state index >= 15 is 0 Å². The summed E-state index contributed by atoms with van der Waals surface area (Å²) >= 11 is 0. The molecule has 1 aromatic heterocycles. The molecule has 6 nitrogen and oxygen atoms in total. The van der Waals surface area contributed by atoms with Gasteiger partial charge in [0.1, 0.15) is 5.69 Å².